The number of alkyl halides is 3. The lowest BCUT2D eigenvalue weighted by atomic mass is 10.3. The Morgan fingerprint density at radius 1 is 1.23 bits per heavy atom. The van der Waals surface area contributed by atoms with E-state index >= 15 is 0 Å². The molecule has 0 aliphatic heterocycles. The molecule has 0 spiro atoms. The highest BCUT2D eigenvalue weighted by atomic mass is 35.5. The summed E-state index contributed by atoms with van der Waals surface area (Å²) in [5.41, 5.74) is -1.16. The molecule has 0 unspecified atom stereocenters. The first-order valence-electron chi connectivity index (χ1n) is 8.25. The van der Waals surface area contributed by atoms with Crippen LogP contribution in [0.15, 0.2) is 16.9 Å². The minimum absolute atomic E-state index is 0.143. The van der Waals surface area contributed by atoms with Crippen LogP contribution in [-0.4, -0.2) is 19.3 Å². The Morgan fingerprint density at radius 3 is 2.19 bits per heavy atom. The third-order valence-electron chi connectivity index (χ3n) is 2.90. The van der Waals surface area contributed by atoms with Gasteiger partial charge in [0.1, 0.15) is 5.69 Å². The van der Waals surface area contributed by atoms with Crippen molar-refractivity contribution in [2.24, 2.45) is 0 Å². The average Bonchev–Trinajstić information content (AvgIpc) is 2.91. The topological polar surface area (TPSA) is 55.6 Å². The van der Waals surface area contributed by atoms with Gasteiger partial charge in [-0.05, 0) is 26.1 Å². The zero-order valence-electron chi connectivity index (χ0n) is 15.6. The van der Waals surface area contributed by atoms with Gasteiger partial charge in [0, 0.05) is 23.9 Å². The molecule has 2 heterocycles. The first-order chi connectivity index (χ1) is 12.1. The molecule has 26 heavy (non-hydrogen) atoms. The lowest BCUT2D eigenvalue weighted by Gasteiger charge is -2.13. The van der Waals surface area contributed by atoms with E-state index in [4.69, 9.17) is 23.8 Å². The van der Waals surface area contributed by atoms with Crippen LogP contribution in [0.3, 0.4) is 0 Å². The predicted molar refractivity (Wildman–Crippen MR) is 100 cm³/mol. The number of hydrogen-bond donors (Lipinski definition) is 1. The van der Waals surface area contributed by atoms with E-state index in [9.17, 15) is 18.0 Å². The number of rotatable bonds is 3. The first-order valence-corrected chi connectivity index (χ1v) is 9.03. The SMILES string of the molecule is CC.CC.CC(C)n1c(=O)cc(Cn2nc(Cl)cc2C(F)(F)F)[nH]c1=S. The van der Waals surface area contributed by atoms with Crippen molar-refractivity contribution in [2.75, 3.05) is 0 Å². The molecule has 10 heteroatoms. The molecule has 0 amide bonds. The molecule has 0 aliphatic carbocycles. The van der Waals surface area contributed by atoms with E-state index in [0.29, 0.717) is 4.68 Å². The first kappa shape index (κ1) is 24.4. The van der Waals surface area contributed by atoms with E-state index in [1.807, 2.05) is 27.7 Å². The summed E-state index contributed by atoms with van der Waals surface area (Å²) >= 11 is 10.6. The number of nitrogens with one attached hydrogen (secondary N) is 1. The van der Waals surface area contributed by atoms with Crippen molar-refractivity contribution in [2.45, 2.75) is 60.3 Å². The van der Waals surface area contributed by atoms with Crippen LogP contribution in [0.25, 0.3) is 0 Å². The maximum atomic E-state index is 12.9. The van der Waals surface area contributed by atoms with Crippen LogP contribution in [0, 0.1) is 4.77 Å². The quantitative estimate of drug-likeness (QED) is 0.681. The van der Waals surface area contributed by atoms with Crippen LogP contribution in [0.4, 0.5) is 13.2 Å². The van der Waals surface area contributed by atoms with E-state index in [0.717, 1.165) is 6.07 Å². The Morgan fingerprint density at radius 2 is 1.77 bits per heavy atom. The monoisotopic (exact) mass is 412 g/mol. The number of halogens is 4. The maximum Gasteiger partial charge on any atom is 0.433 e. The summed E-state index contributed by atoms with van der Waals surface area (Å²) < 4.78 is 40.8. The second kappa shape index (κ2) is 10.5. The summed E-state index contributed by atoms with van der Waals surface area (Å²) in [6.07, 6.45) is -4.59. The summed E-state index contributed by atoms with van der Waals surface area (Å²) in [7, 11) is 0. The Hall–Kier alpha value is -1.61. The smallest absolute Gasteiger partial charge is 0.334 e. The molecule has 0 atom stereocenters. The molecule has 2 aromatic heterocycles. The lowest BCUT2D eigenvalue weighted by Crippen LogP contribution is -2.25. The molecule has 0 radical (unpaired) electrons. The largest absolute Gasteiger partial charge is 0.433 e. The maximum absolute atomic E-state index is 12.9. The van der Waals surface area contributed by atoms with E-state index in [-0.39, 0.29) is 33.8 Å². The molecule has 0 aromatic carbocycles. The van der Waals surface area contributed by atoms with Gasteiger partial charge in [0.15, 0.2) is 9.92 Å². The molecule has 5 nitrogen and oxygen atoms in total. The third-order valence-corrected chi connectivity index (χ3v) is 3.38. The van der Waals surface area contributed by atoms with E-state index in [1.165, 1.54) is 10.6 Å². The summed E-state index contributed by atoms with van der Waals surface area (Å²) in [6, 6.07) is 1.77. The van der Waals surface area contributed by atoms with Gasteiger partial charge in [-0.3, -0.25) is 14.0 Å². The van der Waals surface area contributed by atoms with Crippen LogP contribution >= 0.6 is 23.8 Å². The highest BCUT2D eigenvalue weighted by Crippen LogP contribution is 2.31. The Balaban J connectivity index is 0.00000146. The van der Waals surface area contributed by atoms with E-state index < -0.39 is 11.9 Å². The zero-order chi connectivity index (χ0) is 20.7. The van der Waals surface area contributed by atoms with Gasteiger partial charge in [0.25, 0.3) is 5.56 Å². The molecule has 148 valence electrons. The molecule has 0 fully saturated rings. The van der Waals surface area contributed by atoms with Crippen molar-refractivity contribution in [3.05, 3.63) is 43.8 Å². The highest BCUT2D eigenvalue weighted by Gasteiger charge is 2.35. The Bertz CT molecular complexity index is 778. The van der Waals surface area contributed by atoms with Crippen molar-refractivity contribution in [3.63, 3.8) is 0 Å². The Labute approximate surface area is 160 Å². The van der Waals surface area contributed by atoms with Gasteiger partial charge in [0.05, 0.1) is 6.54 Å². The van der Waals surface area contributed by atoms with E-state index in [1.54, 1.807) is 13.8 Å². The van der Waals surface area contributed by atoms with Gasteiger partial charge in [-0.1, -0.05) is 39.3 Å². The van der Waals surface area contributed by atoms with Gasteiger partial charge >= 0.3 is 6.18 Å². The minimum atomic E-state index is -4.59. The number of hydrogen-bond acceptors (Lipinski definition) is 3. The number of nitrogens with zero attached hydrogens (tertiary/aromatic N) is 3. The lowest BCUT2D eigenvalue weighted by molar-refractivity contribution is -0.144. The van der Waals surface area contributed by atoms with Crippen molar-refractivity contribution in [3.8, 4) is 0 Å². The predicted octanol–water partition coefficient (Wildman–Crippen LogP) is 5.46. The highest BCUT2D eigenvalue weighted by molar-refractivity contribution is 7.71. The van der Waals surface area contributed by atoms with Crippen LogP contribution in [-0.2, 0) is 12.7 Å². The van der Waals surface area contributed by atoms with Crippen molar-refractivity contribution < 1.29 is 13.2 Å². The second-order valence-electron chi connectivity index (χ2n) is 4.91. The van der Waals surface area contributed by atoms with Crippen LogP contribution in [0.5, 0.6) is 0 Å². The molecule has 1 N–H and O–H groups in total. The van der Waals surface area contributed by atoms with Crippen molar-refractivity contribution in [1.29, 1.82) is 0 Å². The van der Waals surface area contributed by atoms with Gasteiger partial charge in [-0.2, -0.15) is 18.3 Å². The number of aromatic nitrogens is 4. The van der Waals surface area contributed by atoms with Gasteiger partial charge in [-0.15, -0.1) is 0 Å². The zero-order valence-corrected chi connectivity index (χ0v) is 17.2. The molecule has 0 saturated heterocycles. The molecular formula is C16H24ClF3N4OS. The molecule has 2 rings (SSSR count). The summed E-state index contributed by atoms with van der Waals surface area (Å²) in [5, 5.41) is 3.31. The minimum Gasteiger partial charge on any atom is -0.334 e. The average molecular weight is 413 g/mol. The molecule has 2 aromatic rings. The van der Waals surface area contributed by atoms with Gasteiger partial charge < -0.3 is 4.98 Å². The molecule has 0 aliphatic rings. The number of H-pyrrole nitrogens is 1. The van der Waals surface area contributed by atoms with Gasteiger partial charge in [0.2, 0.25) is 0 Å². The standard InChI is InChI=1S/C12H12ClF3N4OS.2C2H6/c1-6(2)20-10(21)3-7(17-11(20)22)5-19-8(12(14,15)16)4-9(13)18-19;2*1-2/h3-4,6H,5H2,1-2H3,(H,17,22);2*1-2H3. The summed E-state index contributed by atoms with van der Waals surface area (Å²) in [6.45, 7) is 11.3. The third kappa shape index (κ3) is 6.28. The van der Waals surface area contributed by atoms with Crippen LogP contribution < -0.4 is 5.56 Å². The molecular weight excluding hydrogens is 389 g/mol. The van der Waals surface area contributed by atoms with Crippen LogP contribution in [0.1, 0.15) is 59.0 Å². The van der Waals surface area contributed by atoms with Crippen LogP contribution in [0.2, 0.25) is 5.15 Å². The fourth-order valence-corrected chi connectivity index (χ4v) is 2.65. The van der Waals surface area contributed by atoms with E-state index in [2.05, 4.69) is 10.1 Å². The molecule has 0 saturated carbocycles. The van der Waals surface area contributed by atoms with Crippen molar-refractivity contribution in [1.82, 2.24) is 19.3 Å². The normalized spacial score (nSPS) is 10.7. The summed E-state index contributed by atoms with van der Waals surface area (Å²) in [5.74, 6) is 0. The fourth-order valence-electron chi connectivity index (χ4n) is 2.02. The fraction of sp³-hybridized carbons (Fsp3) is 0.562. The Kier molecular flexibility index (Phi) is 9.87. The van der Waals surface area contributed by atoms with Gasteiger partial charge in [-0.25, -0.2) is 0 Å². The number of aromatic amines is 1. The van der Waals surface area contributed by atoms with Crippen molar-refractivity contribution >= 4 is 23.8 Å². The summed E-state index contributed by atoms with van der Waals surface area (Å²) in [4.78, 5) is 14.7. The molecule has 0 bridgehead atoms. The second-order valence-corrected chi connectivity index (χ2v) is 5.68.